The summed E-state index contributed by atoms with van der Waals surface area (Å²) in [5.74, 6) is 1.09. The lowest BCUT2D eigenvalue weighted by molar-refractivity contribution is -0.204. The summed E-state index contributed by atoms with van der Waals surface area (Å²) in [6.07, 6.45) is 9.81. The fourth-order valence-electron chi connectivity index (χ4n) is 12.6. The second-order valence-electron chi connectivity index (χ2n) is 16.6. The van der Waals surface area contributed by atoms with Crippen LogP contribution in [0.3, 0.4) is 0 Å². The maximum absolute atomic E-state index is 13.0. The van der Waals surface area contributed by atoms with Crippen LogP contribution >= 0.6 is 0 Å². The molecule has 6 fully saturated rings. The number of hydrogen-bond acceptors (Lipinski definition) is 6. The number of carbonyl (C=O) groups is 3. The van der Waals surface area contributed by atoms with E-state index in [1.54, 1.807) is 0 Å². The fraction of sp³-hybridized carbons (Fsp3) is 0.912. The van der Waals surface area contributed by atoms with E-state index in [9.17, 15) is 14.4 Å². The van der Waals surface area contributed by atoms with Crippen LogP contribution in [0.25, 0.3) is 0 Å². The lowest BCUT2D eigenvalue weighted by Crippen LogP contribution is -2.59. The zero-order valence-corrected chi connectivity index (χ0v) is 26.4. The lowest BCUT2D eigenvalue weighted by Gasteiger charge is -2.63. The lowest BCUT2D eigenvalue weighted by atomic mass is 9.41. The van der Waals surface area contributed by atoms with Gasteiger partial charge in [-0.25, -0.2) is 0 Å². The standard InChI is InChI=1S/C34H52O6/c1-20(35)38-22-18-31(8)24-11-10-23-28(3,4)25(37)12-15-33(23)19-34(24,33)17-16-30(31,7)27(22)32(9)14-13-26(40-32)29(5,6)39-21(2)36/h22-24,26-27H,10-19H2,1-9H3/t22-,23?,24-,26-,27-,30+,31-,32-,33+,34-/m0/s1. The van der Waals surface area contributed by atoms with Gasteiger partial charge in [-0.1, -0.05) is 27.7 Å². The monoisotopic (exact) mass is 556 g/mol. The highest BCUT2D eigenvalue weighted by Gasteiger charge is 2.83. The Morgan fingerprint density at radius 3 is 2.15 bits per heavy atom. The van der Waals surface area contributed by atoms with Crippen LogP contribution in [0.4, 0.5) is 0 Å². The van der Waals surface area contributed by atoms with Gasteiger partial charge in [0.05, 0.1) is 11.7 Å². The number of Topliss-reactive ketones (excluding diaryl/α,β-unsaturated/α-hetero) is 1. The van der Waals surface area contributed by atoms with Crippen molar-refractivity contribution in [3.63, 3.8) is 0 Å². The predicted molar refractivity (Wildman–Crippen MR) is 151 cm³/mol. The van der Waals surface area contributed by atoms with Crippen molar-refractivity contribution in [1.82, 2.24) is 0 Å². The minimum atomic E-state index is -0.718. The van der Waals surface area contributed by atoms with E-state index in [-0.39, 0.29) is 46.3 Å². The maximum Gasteiger partial charge on any atom is 0.303 e. The molecule has 40 heavy (non-hydrogen) atoms. The molecule has 10 atom stereocenters. The van der Waals surface area contributed by atoms with Crippen molar-refractivity contribution >= 4 is 17.7 Å². The van der Waals surface area contributed by atoms with Crippen LogP contribution in [-0.4, -0.2) is 41.1 Å². The molecule has 6 nitrogen and oxygen atoms in total. The van der Waals surface area contributed by atoms with Gasteiger partial charge in [0.15, 0.2) is 0 Å². The van der Waals surface area contributed by atoms with E-state index in [1.165, 1.54) is 26.7 Å². The summed E-state index contributed by atoms with van der Waals surface area (Å²) in [6.45, 7) is 18.5. The van der Waals surface area contributed by atoms with E-state index in [1.807, 2.05) is 13.8 Å². The fourth-order valence-corrected chi connectivity index (χ4v) is 12.6. The Kier molecular flexibility index (Phi) is 5.99. The molecule has 224 valence electrons. The molecule has 6 rings (SSSR count). The molecular weight excluding hydrogens is 504 g/mol. The number of carbonyl (C=O) groups excluding carboxylic acids is 3. The van der Waals surface area contributed by atoms with Crippen LogP contribution in [0, 0.1) is 44.8 Å². The molecule has 6 heteroatoms. The molecule has 0 aromatic rings. The molecular formula is C34H52O6. The predicted octanol–water partition coefficient (Wildman–Crippen LogP) is 6.82. The maximum atomic E-state index is 13.0. The highest BCUT2D eigenvalue weighted by Crippen LogP contribution is 2.89. The second kappa shape index (κ2) is 8.35. The Morgan fingerprint density at radius 1 is 0.850 bits per heavy atom. The molecule has 0 N–H and O–H groups in total. The molecule has 2 spiro atoms. The topological polar surface area (TPSA) is 78.9 Å². The molecule has 1 unspecified atom stereocenters. The molecule has 1 aliphatic heterocycles. The Morgan fingerprint density at radius 2 is 1.50 bits per heavy atom. The van der Waals surface area contributed by atoms with E-state index in [0.717, 1.165) is 51.4 Å². The highest BCUT2D eigenvalue weighted by atomic mass is 16.6. The molecule has 0 bridgehead atoms. The number of fused-ring (bicyclic) bond motifs is 2. The van der Waals surface area contributed by atoms with Crippen molar-refractivity contribution in [1.29, 1.82) is 0 Å². The van der Waals surface area contributed by atoms with Gasteiger partial charge in [0.25, 0.3) is 0 Å². The number of ketones is 1. The van der Waals surface area contributed by atoms with Gasteiger partial charge in [-0.05, 0) is 112 Å². The van der Waals surface area contributed by atoms with Crippen molar-refractivity contribution in [2.24, 2.45) is 44.8 Å². The molecule has 0 radical (unpaired) electrons. The third kappa shape index (κ3) is 3.46. The second-order valence-corrected chi connectivity index (χ2v) is 16.6. The van der Waals surface area contributed by atoms with Crippen molar-refractivity contribution in [3.05, 3.63) is 0 Å². The minimum absolute atomic E-state index is 0.0198. The number of hydrogen-bond donors (Lipinski definition) is 0. The highest BCUT2D eigenvalue weighted by molar-refractivity contribution is 5.86. The zero-order chi connectivity index (χ0) is 29.3. The Bertz CT molecular complexity index is 1140. The van der Waals surface area contributed by atoms with Crippen LogP contribution in [0.15, 0.2) is 0 Å². The summed E-state index contributed by atoms with van der Waals surface area (Å²) in [6, 6.07) is 0. The van der Waals surface area contributed by atoms with Crippen LogP contribution in [0.5, 0.6) is 0 Å². The molecule has 5 aliphatic carbocycles. The van der Waals surface area contributed by atoms with Crippen molar-refractivity contribution in [2.45, 2.75) is 150 Å². The quantitative estimate of drug-likeness (QED) is 0.354. The third-order valence-electron chi connectivity index (χ3n) is 14.3. The normalized spacial score (nSPS) is 50.7. The van der Waals surface area contributed by atoms with Crippen molar-refractivity contribution in [3.8, 4) is 0 Å². The van der Waals surface area contributed by atoms with Gasteiger partial charge in [0.2, 0.25) is 0 Å². The van der Waals surface area contributed by atoms with Crippen LogP contribution in [0.2, 0.25) is 0 Å². The smallest absolute Gasteiger partial charge is 0.303 e. The van der Waals surface area contributed by atoms with Gasteiger partial charge < -0.3 is 14.2 Å². The molecule has 1 heterocycles. The minimum Gasteiger partial charge on any atom is -0.462 e. The van der Waals surface area contributed by atoms with Crippen LogP contribution in [0.1, 0.15) is 127 Å². The first kappa shape index (κ1) is 28.7. The summed E-state index contributed by atoms with van der Waals surface area (Å²) in [7, 11) is 0. The molecule has 0 amide bonds. The first-order valence-electron chi connectivity index (χ1n) is 16.0. The number of rotatable bonds is 4. The SMILES string of the molecule is CC(=O)O[C@H]1C[C@@]2(C)[C@@H]3CCC4C(C)(C)C(=O)CC[C@@]45C[C@@]35CC[C@]2(C)[C@H]1[C@]1(C)CC[C@@H](C(C)(C)OC(C)=O)O1. The summed E-state index contributed by atoms with van der Waals surface area (Å²) < 4.78 is 18.9. The average Bonchev–Trinajstić information content (AvgIpc) is 3.20. The van der Waals surface area contributed by atoms with E-state index in [2.05, 4.69) is 34.6 Å². The first-order valence-corrected chi connectivity index (χ1v) is 16.0. The Hall–Kier alpha value is -1.43. The third-order valence-corrected chi connectivity index (χ3v) is 14.3. The summed E-state index contributed by atoms with van der Waals surface area (Å²) in [4.78, 5) is 37.4. The van der Waals surface area contributed by atoms with Gasteiger partial charge in [-0.3, -0.25) is 14.4 Å². The molecule has 1 saturated heterocycles. The van der Waals surface area contributed by atoms with E-state index >= 15 is 0 Å². The summed E-state index contributed by atoms with van der Waals surface area (Å²) >= 11 is 0. The molecule has 6 aliphatic rings. The van der Waals surface area contributed by atoms with E-state index in [4.69, 9.17) is 14.2 Å². The van der Waals surface area contributed by atoms with Crippen molar-refractivity contribution in [2.75, 3.05) is 0 Å². The first-order chi connectivity index (χ1) is 18.4. The largest absolute Gasteiger partial charge is 0.462 e. The number of esters is 2. The van der Waals surface area contributed by atoms with Gasteiger partial charge in [0, 0.05) is 31.6 Å². The van der Waals surface area contributed by atoms with E-state index < -0.39 is 11.2 Å². The molecule has 0 aromatic carbocycles. The molecule has 0 aromatic heterocycles. The molecule has 5 saturated carbocycles. The average molecular weight is 557 g/mol. The Labute approximate surface area is 241 Å². The number of ether oxygens (including phenoxy) is 3. The Balaban J connectivity index is 1.35. The summed E-state index contributed by atoms with van der Waals surface area (Å²) in [5, 5.41) is 0. The van der Waals surface area contributed by atoms with Gasteiger partial charge in [-0.15, -0.1) is 0 Å². The van der Waals surface area contributed by atoms with Crippen molar-refractivity contribution < 1.29 is 28.6 Å². The van der Waals surface area contributed by atoms with E-state index in [0.29, 0.717) is 28.4 Å². The van der Waals surface area contributed by atoms with Gasteiger partial charge >= 0.3 is 11.9 Å². The zero-order valence-electron chi connectivity index (χ0n) is 26.4. The summed E-state index contributed by atoms with van der Waals surface area (Å²) in [5.41, 5.74) is -0.821. The van der Waals surface area contributed by atoms with Gasteiger partial charge in [0.1, 0.15) is 17.5 Å². The van der Waals surface area contributed by atoms with Crippen LogP contribution in [-0.2, 0) is 28.6 Å². The van der Waals surface area contributed by atoms with Gasteiger partial charge in [-0.2, -0.15) is 0 Å². The van der Waals surface area contributed by atoms with Crippen LogP contribution < -0.4 is 0 Å².